The SMILES string of the molecule is Cc1ccc(P(c2[c]c3ccccc3cc2)c2ccc(C)cc2)cc1.Cc1ccc(P(c2[c]c3ccccc3cc2)c2ccc(C)cc2)cc1. The quantitative estimate of drug-likeness (QED) is 0.154. The van der Waals surface area contributed by atoms with Gasteiger partial charge >= 0.3 is 0 Å². The first-order valence-corrected chi connectivity index (χ1v) is 19.8. The Morgan fingerprint density at radius 3 is 0.880 bits per heavy atom. The van der Waals surface area contributed by atoms with E-state index in [-0.39, 0.29) is 0 Å². The monoisotopic (exact) mass is 678 g/mol. The van der Waals surface area contributed by atoms with Crippen molar-refractivity contribution in [2.45, 2.75) is 27.7 Å². The predicted molar refractivity (Wildman–Crippen MR) is 222 cm³/mol. The highest BCUT2D eigenvalue weighted by molar-refractivity contribution is 7.80. The maximum atomic E-state index is 3.68. The molecule has 8 aromatic rings. The van der Waals surface area contributed by atoms with Crippen LogP contribution in [0.15, 0.2) is 170 Å². The lowest BCUT2D eigenvalue weighted by atomic mass is 10.1. The third-order valence-corrected chi connectivity index (χ3v) is 13.7. The number of rotatable bonds is 6. The van der Waals surface area contributed by atoms with Gasteiger partial charge in [-0.1, -0.05) is 192 Å². The fraction of sp³-hybridized carbons (Fsp3) is 0.0833. The number of hydrogen-bond acceptors (Lipinski definition) is 0. The van der Waals surface area contributed by atoms with Crippen LogP contribution in [0.3, 0.4) is 0 Å². The normalized spacial score (nSPS) is 11.2. The van der Waals surface area contributed by atoms with Gasteiger partial charge in [-0.05, 0) is 109 Å². The summed E-state index contributed by atoms with van der Waals surface area (Å²) in [5, 5.41) is 12.9. The second-order valence-corrected chi connectivity index (χ2v) is 17.2. The minimum absolute atomic E-state index is 0.600. The standard InChI is InChI=1S/2C24H20P/c2*1-18-7-12-22(13-8-18)25(23-14-9-19(2)10-15-23)24-16-11-20-5-3-4-6-21(20)17-24/h2*3-16H,1-2H3. The molecule has 0 saturated carbocycles. The van der Waals surface area contributed by atoms with Crippen LogP contribution in [-0.2, 0) is 0 Å². The second-order valence-electron chi connectivity index (χ2n) is 12.9. The molecule has 242 valence electrons. The molecule has 0 spiro atoms. The summed E-state index contributed by atoms with van der Waals surface area (Å²) in [6.07, 6.45) is 0. The highest BCUT2D eigenvalue weighted by Gasteiger charge is 2.18. The van der Waals surface area contributed by atoms with E-state index in [2.05, 4.69) is 210 Å². The molecule has 8 aromatic carbocycles. The van der Waals surface area contributed by atoms with Crippen LogP contribution in [0.25, 0.3) is 21.5 Å². The second kappa shape index (κ2) is 15.4. The Morgan fingerprint density at radius 2 is 0.580 bits per heavy atom. The maximum absolute atomic E-state index is 3.68. The van der Waals surface area contributed by atoms with Crippen molar-refractivity contribution in [3.63, 3.8) is 0 Å². The van der Waals surface area contributed by atoms with Gasteiger partial charge in [0.2, 0.25) is 0 Å². The Labute approximate surface area is 300 Å². The number of hydrogen-bond donors (Lipinski definition) is 0. The largest absolute Gasteiger partial charge is 0.0616 e. The zero-order chi connectivity index (χ0) is 34.5. The van der Waals surface area contributed by atoms with E-state index in [1.807, 2.05) is 0 Å². The highest BCUT2D eigenvalue weighted by atomic mass is 31.1. The molecule has 0 atom stereocenters. The topological polar surface area (TPSA) is 0 Å². The van der Waals surface area contributed by atoms with Crippen LogP contribution in [0.1, 0.15) is 22.3 Å². The van der Waals surface area contributed by atoms with E-state index >= 15 is 0 Å². The van der Waals surface area contributed by atoms with Crippen LogP contribution in [0, 0.1) is 39.8 Å². The number of aryl methyl sites for hydroxylation is 4. The van der Waals surface area contributed by atoms with E-state index in [9.17, 15) is 0 Å². The average molecular weight is 679 g/mol. The van der Waals surface area contributed by atoms with E-state index in [1.165, 1.54) is 75.6 Å². The van der Waals surface area contributed by atoms with Crippen molar-refractivity contribution >= 4 is 69.2 Å². The molecule has 0 aliphatic heterocycles. The van der Waals surface area contributed by atoms with Crippen molar-refractivity contribution < 1.29 is 0 Å². The van der Waals surface area contributed by atoms with Crippen molar-refractivity contribution in [3.8, 4) is 0 Å². The molecule has 0 aromatic heterocycles. The molecule has 0 heterocycles. The molecule has 0 saturated heterocycles. The predicted octanol–water partition coefficient (Wildman–Crippen LogP) is 10.0. The number of benzene rings is 8. The lowest BCUT2D eigenvalue weighted by Gasteiger charge is -2.20. The van der Waals surface area contributed by atoms with Crippen molar-refractivity contribution in [2.75, 3.05) is 0 Å². The molecule has 50 heavy (non-hydrogen) atoms. The van der Waals surface area contributed by atoms with Gasteiger partial charge < -0.3 is 0 Å². The first-order chi connectivity index (χ1) is 24.4. The zero-order valence-electron chi connectivity index (χ0n) is 29.1. The van der Waals surface area contributed by atoms with Crippen LogP contribution in [0.4, 0.5) is 0 Å². The van der Waals surface area contributed by atoms with E-state index in [0.29, 0.717) is 0 Å². The molecule has 0 nitrogen and oxygen atoms in total. The third-order valence-electron chi connectivity index (χ3n) is 8.94. The molecule has 0 bridgehead atoms. The van der Waals surface area contributed by atoms with E-state index in [4.69, 9.17) is 0 Å². The van der Waals surface area contributed by atoms with Crippen LogP contribution < -0.4 is 31.8 Å². The smallest absolute Gasteiger partial charge is 0.000884 e. The summed E-state index contributed by atoms with van der Waals surface area (Å²) in [5.74, 6) is 0. The van der Waals surface area contributed by atoms with E-state index in [1.54, 1.807) is 0 Å². The molecular formula is C48H40P2. The summed E-state index contributed by atoms with van der Waals surface area (Å²) in [6, 6.07) is 69.0. The summed E-state index contributed by atoms with van der Waals surface area (Å²) < 4.78 is 0. The fourth-order valence-electron chi connectivity index (χ4n) is 6.10. The maximum Gasteiger partial charge on any atom is -0.000884 e. The lowest BCUT2D eigenvalue weighted by molar-refractivity contribution is 1.49. The summed E-state index contributed by atoms with van der Waals surface area (Å²) in [6.45, 7) is 8.56. The highest BCUT2D eigenvalue weighted by Crippen LogP contribution is 2.35. The van der Waals surface area contributed by atoms with Gasteiger partial charge in [0.1, 0.15) is 0 Å². The minimum Gasteiger partial charge on any atom is -0.0616 e. The molecule has 2 heteroatoms. The Bertz CT molecular complexity index is 2080. The van der Waals surface area contributed by atoms with E-state index < -0.39 is 15.8 Å². The van der Waals surface area contributed by atoms with Gasteiger partial charge in [-0.25, -0.2) is 0 Å². The van der Waals surface area contributed by atoms with Crippen LogP contribution in [0.5, 0.6) is 0 Å². The van der Waals surface area contributed by atoms with Gasteiger partial charge in [-0.3, -0.25) is 0 Å². The molecule has 0 fully saturated rings. The van der Waals surface area contributed by atoms with Gasteiger partial charge in [0.05, 0.1) is 0 Å². The summed E-state index contributed by atoms with van der Waals surface area (Å²) >= 11 is 0. The van der Waals surface area contributed by atoms with Crippen molar-refractivity contribution in [1.82, 2.24) is 0 Å². The molecule has 0 aliphatic rings. The summed E-state index contributed by atoms with van der Waals surface area (Å²) in [5.41, 5.74) is 5.19. The van der Waals surface area contributed by atoms with Gasteiger partial charge in [0.15, 0.2) is 0 Å². The van der Waals surface area contributed by atoms with Gasteiger partial charge in [-0.15, -0.1) is 0 Å². The Morgan fingerprint density at radius 1 is 0.300 bits per heavy atom. The molecule has 0 amide bonds. The van der Waals surface area contributed by atoms with Crippen molar-refractivity contribution in [3.05, 3.63) is 204 Å². The Kier molecular flexibility index (Phi) is 10.3. The van der Waals surface area contributed by atoms with Crippen molar-refractivity contribution in [2.24, 2.45) is 0 Å². The fourth-order valence-corrected chi connectivity index (χ4v) is 10.5. The summed E-state index contributed by atoms with van der Waals surface area (Å²) in [7, 11) is -1.20. The molecule has 0 aliphatic carbocycles. The Balaban J connectivity index is 0.000000157. The lowest BCUT2D eigenvalue weighted by Crippen LogP contribution is -2.21. The molecule has 0 N–H and O–H groups in total. The molecule has 0 unspecified atom stereocenters. The first kappa shape index (κ1) is 33.6. The zero-order valence-corrected chi connectivity index (χ0v) is 30.8. The summed E-state index contributed by atoms with van der Waals surface area (Å²) in [4.78, 5) is 0. The van der Waals surface area contributed by atoms with Crippen molar-refractivity contribution in [1.29, 1.82) is 0 Å². The molecule has 2 radical (unpaired) electrons. The van der Waals surface area contributed by atoms with Crippen LogP contribution >= 0.6 is 15.8 Å². The first-order valence-electron chi connectivity index (χ1n) is 17.1. The third kappa shape index (κ3) is 7.79. The van der Waals surface area contributed by atoms with Gasteiger partial charge in [0.25, 0.3) is 0 Å². The minimum atomic E-state index is -0.600. The Hall–Kier alpha value is -4.86. The van der Waals surface area contributed by atoms with Crippen LogP contribution in [-0.4, -0.2) is 0 Å². The molecular weight excluding hydrogens is 638 g/mol. The molecule has 8 rings (SSSR count). The van der Waals surface area contributed by atoms with Crippen LogP contribution in [0.2, 0.25) is 0 Å². The van der Waals surface area contributed by atoms with Gasteiger partial charge in [-0.2, -0.15) is 0 Å². The number of fused-ring (bicyclic) bond motifs is 2. The van der Waals surface area contributed by atoms with Gasteiger partial charge in [0, 0.05) is 0 Å². The average Bonchev–Trinajstić information content (AvgIpc) is 3.15. The van der Waals surface area contributed by atoms with E-state index in [0.717, 1.165) is 0 Å².